The summed E-state index contributed by atoms with van der Waals surface area (Å²) in [7, 11) is 0. The molecule has 1 aliphatic rings. The molecule has 0 radical (unpaired) electrons. The van der Waals surface area contributed by atoms with Gasteiger partial charge in [0, 0.05) is 10.9 Å². The second-order valence-electron chi connectivity index (χ2n) is 5.89. The first kappa shape index (κ1) is 14.8. The number of benzene rings is 1. The van der Waals surface area contributed by atoms with Crippen molar-refractivity contribution >= 4 is 11.3 Å². The molecule has 2 aromatic rings. The zero-order valence-electron chi connectivity index (χ0n) is 12.5. The van der Waals surface area contributed by atoms with Crippen molar-refractivity contribution < 1.29 is 5.11 Å². The Kier molecular flexibility index (Phi) is 4.43. The third kappa shape index (κ3) is 2.54. The molecule has 2 nitrogen and oxygen atoms in total. The minimum Gasteiger partial charge on any atom is -0.395 e. The zero-order chi connectivity index (χ0) is 14.7. The maximum Gasteiger partial charge on any atom is 0.0679 e. The third-order valence-electron chi connectivity index (χ3n) is 4.90. The lowest BCUT2D eigenvalue weighted by atomic mass is 9.73. The van der Waals surface area contributed by atoms with Gasteiger partial charge in [-0.3, -0.25) is 4.90 Å². The minimum absolute atomic E-state index is 0.148. The smallest absolute Gasteiger partial charge is 0.0679 e. The second kappa shape index (κ2) is 6.30. The van der Waals surface area contributed by atoms with Crippen LogP contribution in [0.15, 0.2) is 47.8 Å². The summed E-state index contributed by atoms with van der Waals surface area (Å²) in [5, 5.41) is 12.5. The summed E-state index contributed by atoms with van der Waals surface area (Å²) < 4.78 is 0. The Bertz CT molecular complexity index is 548. The van der Waals surface area contributed by atoms with Crippen LogP contribution in [-0.4, -0.2) is 35.7 Å². The Labute approximate surface area is 131 Å². The molecular weight excluding hydrogens is 278 g/mol. The molecule has 0 aliphatic carbocycles. The highest BCUT2D eigenvalue weighted by Gasteiger charge is 2.43. The summed E-state index contributed by atoms with van der Waals surface area (Å²) in [5.74, 6) is 0. The molecule has 1 N–H and O–H groups in total. The van der Waals surface area contributed by atoms with E-state index < -0.39 is 0 Å². The fourth-order valence-electron chi connectivity index (χ4n) is 3.60. The van der Waals surface area contributed by atoms with E-state index in [4.69, 9.17) is 0 Å². The molecule has 2 unspecified atom stereocenters. The van der Waals surface area contributed by atoms with Crippen molar-refractivity contribution in [2.45, 2.75) is 31.2 Å². The van der Waals surface area contributed by atoms with Crippen LogP contribution in [-0.2, 0) is 5.41 Å². The number of thiophene rings is 1. The van der Waals surface area contributed by atoms with Crippen molar-refractivity contribution in [3.63, 3.8) is 0 Å². The first-order chi connectivity index (χ1) is 10.3. The summed E-state index contributed by atoms with van der Waals surface area (Å²) in [6.07, 6.45) is 2.54. The number of aliphatic hydroxyl groups excluding tert-OH is 1. The zero-order valence-corrected chi connectivity index (χ0v) is 13.4. The predicted molar refractivity (Wildman–Crippen MR) is 88.9 cm³/mol. The number of nitrogens with zero attached hydrogens (tertiary/aromatic N) is 1. The molecule has 0 saturated carbocycles. The summed E-state index contributed by atoms with van der Waals surface area (Å²) in [4.78, 5) is 3.79. The largest absolute Gasteiger partial charge is 0.395 e. The van der Waals surface area contributed by atoms with E-state index >= 15 is 0 Å². The number of rotatable bonds is 5. The average molecular weight is 301 g/mol. The first-order valence-electron chi connectivity index (χ1n) is 7.73. The molecule has 1 aliphatic heterocycles. The summed E-state index contributed by atoms with van der Waals surface area (Å²) >= 11 is 1.75. The molecule has 21 heavy (non-hydrogen) atoms. The second-order valence-corrected chi connectivity index (χ2v) is 6.84. The Morgan fingerprint density at radius 2 is 1.86 bits per heavy atom. The molecule has 1 saturated heterocycles. The van der Waals surface area contributed by atoms with Gasteiger partial charge in [0.15, 0.2) is 0 Å². The topological polar surface area (TPSA) is 23.5 Å². The lowest BCUT2D eigenvalue weighted by molar-refractivity contribution is 0.121. The molecule has 0 bridgehead atoms. The SMILES string of the molecule is CC(N1CCCC1)C(CO)(c1ccccc1)c1cccs1. The summed E-state index contributed by atoms with van der Waals surface area (Å²) in [5.41, 5.74) is 0.897. The maximum atomic E-state index is 10.4. The standard InChI is InChI=1S/C18H23NOS/c1-15(19-11-5-6-12-19)18(14-20,17-10-7-13-21-17)16-8-3-2-4-9-16/h2-4,7-10,13,15,20H,5-6,11-12,14H2,1H3. The number of aliphatic hydroxyl groups is 1. The Balaban J connectivity index is 2.09. The molecule has 2 heterocycles. The molecule has 1 aromatic heterocycles. The van der Waals surface area contributed by atoms with Gasteiger partial charge in [0.05, 0.1) is 12.0 Å². The van der Waals surface area contributed by atoms with Gasteiger partial charge in [-0.1, -0.05) is 36.4 Å². The van der Waals surface area contributed by atoms with Gasteiger partial charge in [0.25, 0.3) is 0 Å². The summed E-state index contributed by atoms with van der Waals surface area (Å²) in [6.45, 7) is 4.70. The van der Waals surface area contributed by atoms with Crippen LogP contribution < -0.4 is 0 Å². The van der Waals surface area contributed by atoms with Gasteiger partial charge < -0.3 is 5.11 Å². The molecule has 3 rings (SSSR count). The quantitative estimate of drug-likeness (QED) is 0.913. The van der Waals surface area contributed by atoms with Gasteiger partial charge in [-0.05, 0) is 49.9 Å². The number of hydrogen-bond donors (Lipinski definition) is 1. The molecule has 1 aromatic carbocycles. The molecule has 0 amide bonds. The van der Waals surface area contributed by atoms with Gasteiger partial charge >= 0.3 is 0 Å². The van der Waals surface area contributed by atoms with E-state index in [2.05, 4.69) is 53.6 Å². The van der Waals surface area contributed by atoms with Crippen LogP contribution in [0.1, 0.15) is 30.2 Å². The average Bonchev–Trinajstić information content (AvgIpc) is 3.23. The Hall–Kier alpha value is -1.16. The number of likely N-dealkylation sites (tertiary alicyclic amines) is 1. The van der Waals surface area contributed by atoms with Crippen molar-refractivity contribution in [2.24, 2.45) is 0 Å². The van der Waals surface area contributed by atoms with Crippen molar-refractivity contribution in [1.82, 2.24) is 4.90 Å². The highest BCUT2D eigenvalue weighted by Crippen LogP contribution is 2.40. The first-order valence-corrected chi connectivity index (χ1v) is 8.61. The van der Waals surface area contributed by atoms with Crippen LogP contribution in [0.4, 0.5) is 0 Å². The fraction of sp³-hybridized carbons (Fsp3) is 0.444. The van der Waals surface area contributed by atoms with Crippen molar-refractivity contribution in [3.8, 4) is 0 Å². The Morgan fingerprint density at radius 1 is 1.14 bits per heavy atom. The highest BCUT2D eigenvalue weighted by molar-refractivity contribution is 7.10. The molecular formula is C18H23NOS. The van der Waals surface area contributed by atoms with Gasteiger partial charge in [0.2, 0.25) is 0 Å². The van der Waals surface area contributed by atoms with Crippen LogP contribution in [0.5, 0.6) is 0 Å². The van der Waals surface area contributed by atoms with E-state index in [9.17, 15) is 5.11 Å². The minimum atomic E-state index is -0.320. The molecule has 112 valence electrons. The fourth-order valence-corrected chi connectivity index (χ4v) is 4.62. The molecule has 2 atom stereocenters. The van der Waals surface area contributed by atoms with Crippen LogP contribution in [0.2, 0.25) is 0 Å². The van der Waals surface area contributed by atoms with Crippen LogP contribution >= 0.6 is 11.3 Å². The van der Waals surface area contributed by atoms with E-state index in [-0.39, 0.29) is 12.0 Å². The number of hydrogen-bond acceptors (Lipinski definition) is 3. The van der Waals surface area contributed by atoms with Gasteiger partial charge in [-0.2, -0.15) is 0 Å². The van der Waals surface area contributed by atoms with Crippen molar-refractivity contribution in [2.75, 3.05) is 19.7 Å². The summed E-state index contributed by atoms with van der Waals surface area (Å²) in [6, 6.07) is 15.1. The third-order valence-corrected chi connectivity index (χ3v) is 5.95. The van der Waals surface area contributed by atoms with Gasteiger partial charge in [-0.15, -0.1) is 11.3 Å². The monoisotopic (exact) mass is 301 g/mol. The van der Waals surface area contributed by atoms with Crippen LogP contribution in [0.3, 0.4) is 0 Å². The lowest BCUT2D eigenvalue weighted by Gasteiger charge is -2.42. The molecule has 3 heteroatoms. The van der Waals surface area contributed by atoms with E-state index in [1.165, 1.54) is 23.3 Å². The van der Waals surface area contributed by atoms with Crippen molar-refractivity contribution in [1.29, 1.82) is 0 Å². The molecule has 1 fully saturated rings. The van der Waals surface area contributed by atoms with Crippen molar-refractivity contribution in [3.05, 3.63) is 58.3 Å². The maximum absolute atomic E-state index is 10.4. The predicted octanol–water partition coefficient (Wildman–Crippen LogP) is 3.51. The highest BCUT2D eigenvalue weighted by atomic mass is 32.1. The normalized spacial score (nSPS) is 20.3. The van der Waals surface area contributed by atoms with E-state index in [1.54, 1.807) is 11.3 Å². The Morgan fingerprint density at radius 3 is 2.43 bits per heavy atom. The lowest BCUT2D eigenvalue weighted by Crippen LogP contribution is -2.50. The van der Waals surface area contributed by atoms with Gasteiger partial charge in [0.1, 0.15) is 0 Å². The van der Waals surface area contributed by atoms with E-state index in [0.717, 1.165) is 13.1 Å². The van der Waals surface area contributed by atoms with Gasteiger partial charge in [-0.25, -0.2) is 0 Å². The van der Waals surface area contributed by atoms with E-state index in [0.29, 0.717) is 6.04 Å². The van der Waals surface area contributed by atoms with Crippen LogP contribution in [0.25, 0.3) is 0 Å². The van der Waals surface area contributed by atoms with E-state index in [1.807, 2.05) is 6.07 Å². The van der Waals surface area contributed by atoms with Crippen LogP contribution in [0, 0.1) is 0 Å². The molecule has 0 spiro atoms.